The number of ether oxygens (including phenoxy) is 2. The lowest BCUT2D eigenvalue weighted by Gasteiger charge is -2.30. The lowest BCUT2D eigenvalue weighted by atomic mass is 9.93. The van der Waals surface area contributed by atoms with Crippen LogP contribution < -0.4 is 16.0 Å². The third-order valence-electron chi connectivity index (χ3n) is 7.39. The van der Waals surface area contributed by atoms with Gasteiger partial charge in [-0.1, -0.05) is 80.6 Å². The molecule has 47 heavy (non-hydrogen) atoms. The van der Waals surface area contributed by atoms with Crippen LogP contribution in [0.1, 0.15) is 42.0 Å². The van der Waals surface area contributed by atoms with E-state index in [0.717, 1.165) is 16.0 Å². The summed E-state index contributed by atoms with van der Waals surface area (Å²) in [6.45, 7) is 3.65. The SMILES string of the molecule is CC(C)C(NC(=O)OCc1ccccn1)C(=O)N[C@@H](Cc1ccccc1)[C@@H](O)C[C@H](Cc1ccccc1)NC(=O)OCc1cncs1. The molecule has 4 aromatic rings. The van der Waals surface area contributed by atoms with Gasteiger partial charge in [0.25, 0.3) is 0 Å². The number of hydrogen-bond acceptors (Lipinski definition) is 9. The Bertz CT molecular complexity index is 1510. The minimum Gasteiger partial charge on any atom is -0.444 e. The topological polar surface area (TPSA) is 152 Å². The van der Waals surface area contributed by atoms with E-state index >= 15 is 0 Å². The average Bonchev–Trinajstić information content (AvgIpc) is 3.60. The molecule has 0 bridgehead atoms. The average molecular weight is 660 g/mol. The number of benzene rings is 2. The smallest absolute Gasteiger partial charge is 0.408 e. The van der Waals surface area contributed by atoms with Gasteiger partial charge >= 0.3 is 12.2 Å². The first-order valence-electron chi connectivity index (χ1n) is 15.5. The molecule has 0 aliphatic rings. The van der Waals surface area contributed by atoms with Crippen molar-refractivity contribution in [3.63, 3.8) is 0 Å². The van der Waals surface area contributed by atoms with Crippen molar-refractivity contribution in [1.82, 2.24) is 25.9 Å². The van der Waals surface area contributed by atoms with Crippen molar-refractivity contribution in [2.24, 2.45) is 5.92 Å². The first-order chi connectivity index (χ1) is 22.8. The molecule has 2 heterocycles. The maximum Gasteiger partial charge on any atom is 0.408 e. The highest BCUT2D eigenvalue weighted by molar-refractivity contribution is 7.09. The van der Waals surface area contributed by atoms with E-state index in [-0.39, 0.29) is 25.6 Å². The van der Waals surface area contributed by atoms with Gasteiger partial charge in [0, 0.05) is 18.4 Å². The third-order valence-corrected chi connectivity index (χ3v) is 8.15. The highest BCUT2D eigenvalue weighted by Gasteiger charge is 2.31. The monoisotopic (exact) mass is 659 g/mol. The quantitative estimate of drug-likeness (QED) is 0.134. The van der Waals surface area contributed by atoms with E-state index in [1.165, 1.54) is 11.3 Å². The Balaban J connectivity index is 1.45. The van der Waals surface area contributed by atoms with Gasteiger partial charge in [-0.15, -0.1) is 11.3 Å². The van der Waals surface area contributed by atoms with Crippen LogP contribution in [-0.4, -0.2) is 57.4 Å². The Kier molecular flexibility index (Phi) is 13.7. The fraction of sp³-hybridized carbons (Fsp3) is 0.343. The van der Waals surface area contributed by atoms with Gasteiger partial charge in [0.15, 0.2) is 0 Å². The third kappa shape index (κ3) is 12.1. The highest BCUT2D eigenvalue weighted by Crippen LogP contribution is 2.16. The van der Waals surface area contributed by atoms with Gasteiger partial charge in [-0.25, -0.2) is 9.59 Å². The second-order valence-electron chi connectivity index (χ2n) is 11.4. The van der Waals surface area contributed by atoms with Gasteiger partial charge in [-0.2, -0.15) is 0 Å². The summed E-state index contributed by atoms with van der Waals surface area (Å²) < 4.78 is 10.7. The molecule has 0 radical (unpaired) electrons. The van der Waals surface area contributed by atoms with Crippen LogP contribution in [0.15, 0.2) is 96.8 Å². The van der Waals surface area contributed by atoms with E-state index < -0.39 is 42.3 Å². The first kappa shape index (κ1) is 35.1. The number of alkyl carbamates (subject to hydrolysis) is 2. The van der Waals surface area contributed by atoms with Crippen molar-refractivity contribution >= 4 is 29.4 Å². The van der Waals surface area contributed by atoms with Crippen LogP contribution in [0, 0.1) is 5.92 Å². The van der Waals surface area contributed by atoms with E-state index in [9.17, 15) is 19.5 Å². The van der Waals surface area contributed by atoms with Crippen molar-refractivity contribution < 1.29 is 29.0 Å². The van der Waals surface area contributed by atoms with Gasteiger partial charge in [0.2, 0.25) is 5.91 Å². The normalized spacial score (nSPS) is 13.5. The van der Waals surface area contributed by atoms with E-state index in [1.54, 1.807) is 36.1 Å². The predicted octanol–water partition coefficient (Wildman–Crippen LogP) is 4.81. The maximum atomic E-state index is 13.7. The number of aliphatic hydroxyl groups excluding tert-OH is 1. The van der Waals surface area contributed by atoms with Crippen LogP contribution in [0.2, 0.25) is 0 Å². The second kappa shape index (κ2) is 18.4. The Morgan fingerprint density at radius 2 is 1.45 bits per heavy atom. The fourth-order valence-corrected chi connectivity index (χ4v) is 5.46. The Hall–Kier alpha value is -4.81. The molecule has 3 amide bonds. The molecule has 2 aromatic heterocycles. The number of carbonyl (C=O) groups is 3. The van der Waals surface area contributed by atoms with E-state index in [1.807, 2.05) is 74.5 Å². The summed E-state index contributed by atoms with van der Waals surface area (Å²) in [6.07, 6.45) is 1.66. The van der Waals surface area contributed by atoms with Gasteiger partial charge in [-0.3, -0.25) is 14.8 Å². The molecule has 0 fully saturated rings. The Morgan fingerprint density at radius 1 is 0.809 bits per heavy atom. The van der Waals surface area contributed by atoms with E-state index in [0.29, 0.717) is 18.5 Å². The molecule has 11 nitrogen and oxygen atoms in total. The lowest BCUT2D eigenvalue weighted by molar-refractivity contribution is -0.125. The zero-order valence-electron chi connectivity index (χ0n) is 26.5. The minimum absolute atomic E-state index is 0.0447. The summed E-state index contributed by atoms with van der Waals surface area (Å²) in [6, 6.07) is 22.2. The molecule has 4 atom stereocenters. The first-order valence-corrected chi connectivity index (χ1v) is 16.3. The number of nitrogens with zero attached hydrogens (tertiary/aromatic N) is 2. The van der Waals surface area contributed by atoms with Crippen molar-refractivity contribution in [2.45, 2.75) is 70.6 Å². The maximum absolute atomic E-state index is 13.7. The zero-order chi connectivity index (χ0) is 33.4. The fourth-order valence-electron chi connectivity index (χ4n) is 4.96. The Morgan fingerprint density at radius 3 is 2.06 bits per heavy atom. The van der Waals surface area contributed by atoms with Crippen molar-refractivity contribution in [2.75, 3.05) is 0 Å². The largest absolute Gasteiger partial charge is 0.444 e. The molecule has 0 aliphatic carbocycles. The highest BCUT2D eigenvalue weighted by atomic mass is 32.1. The number of nitrogens with one attached hydrogen (secondary N) is 3. The van der Waals surface area contributed by atoms with Gasteiger partial charge in [0.1, 0.15) is 19.3 Å². The molecule has 12 heteroatoms. The Labute approximate surface area is 278 Å². The number of amides is 3. The molecule has 0 aliphatic heterocycles. The number of thiazole rings is 1. The summed E-state index contributed by atoms with van der Waals surface area (Å²) in [7, 11) is 0. The molecule has 0 saturated heterocycles. The van der Waals surface area contributed by atoms with Gasteiger partial charge in [-0.05, 0) is 48.4 Å². The molecule has 4 N–H and O–H groups in total. The molecule has 2 aromatic carbocycles. The van der Waals surface area contributed by atoms with Crippen LogP contribution in [-0.2, 0) is 40.3 Å². The van der Waals surface area contributed by atoms with E-state index in [4.69, 9.17) is 9.47 Å². The second-order valence-corrected chi connectivity index (χ2v) is 12.4. The minimum atomic E-state index is -1.07. The van der Waals surface area contributed by atoms with Crippen LogP contribution in [0.4, 0.5) is 9.59 Å². The number of pyridine rings is 1. The molecule has 1 unspecified atom stereocenters. The van der Waals surface area contributed by atoms with Crippen LogP contribution in [0.3, 0.4) is 0 Å². The number of carbonyl (C=O) groups excluding carboxylic acids is 3. The van der Waals surface area contributed by atoms with Crippen molar-refractivity contribution in [1.29, 1.82) is 0 Å². The lowest BCUT2D eigenvalue weighted by Crippen LogP contribution is -2.56. The number of aromatic nitrogens is 2. The molecular formula is C35H41N5O6S. The molecule has 0 saturated carbocycles. The standard InChI is InChI=1S/C35H41N5O6S/c1-24(2)32(40-35(44)45-21-27-15-9-10-16-37-27)33(42)39-30(18-26-13-7-4-8-14-26)31(41)19-28(17-25-11-5-3-6-12-25)38-34(43)46-22-29-20-36-23-47-29/h3-16,20,23-24,28,30-32,41H,17-19,21-22H2,1-2H3,(H,38,43)(H,39,42)(H,40,44)/t28-,30-,31-,32?/m0/s1. The van der Waals surface area contributed by atoms with Crippen molar-refractivity contribution in [3.8, 4) is 0 Å². The number of aliphatic hydroxyl groups is 1. The summed E-state index contributed by atoms with van der Waals surface area (Å²) in [4.78, 5) is 48.1. The molecule has 248 valence electrons. The summed E-state index contributed by atoms with van der Waals surface area (Å²) >= 11 is 1.38. The van der Waals surface area contributed by atoms with E-state index in [2.05, 4.69) is 25.9 Å². The van der Waals surface area contributed by atoms with Gasteiger partial charge in [0.05, 0.1) is 28.2 Å². The molecule has 0 spiro atoms. The zero-order valence-corrected chi connectivity index (χ0v) is 27.3. The number of rotatable bonds is 16. The van der Waals surface area contributed by atoms with Crippen LogP contribution in [0.25, 0.3) is 0 Å². The predicted molar refractivity (Wildman–Crippen MR) is 178 cm³/mol. The van der Waals surface area contributed by atoms with Crippen LogP contribution >= 0.6 is 11.3 Å². The summed E-state index contributed by atoms with van der Waals surface area (Å²) in [5, 5.41) is 20.2. The summed E-state index contributed by atoms with van der Waals surface area (Å²) in [5.41, 5.74) is 4.10. The van der Waals surface area contributed by atoms with Crippen LogP contribution in [0.5, 0.6) is 0 Å². The molecular weight excluding hydrogens is 618 g/mol. The van der Waals surface area contributed by atoms with Crippen molar-refractivity contribution in [3.05, 3.63) is 118 Å². The number of hydrogen-bond donors (Lipinski definition) is 4. The molecule has 4 rings (SSSR count). The summed E-state index contributed by atoms with van der Waals surface area (Å²) in [5.74, 6) is -0.751. The van der Waals surface area contributed by atoms with Gasteiger partial charge < -0.3 is 30.5 Å².